The molecule has 0 radical (unpaired) electrons. The number of tetrazole rings is 1. The minimum absolute atomic E-state index is 0.396. The van der Waals surface area contributed by atoms with Crippen molar-refractivity contribution in [3.8, 4) is 17.1 Å². The third-order valence-corrected chi connectivity index (χ3v) is 2.80. The molecule has 0 bridgehead atoms. The molecule has 0 aliphatic heterocycles. The molecule has 2 rings (SSSR count). The molecule has 2 aromatic rings. The van der Waals surface area contributed by atoms with Crippen LogP contribution in [-0.4, -0.2) is 37.9 Å². The van der Waals surface area contributed by atoms with Gasteiger partial charge < -0.3 is 9.84 Å². The number of carbonyl (C=O) groups is 1. The van der Waals surface area contributed by atoms with Gasteiger partial charge in [-0.25, -0.2) is 4.79 Å². The number of hydrogen-bond donors (Lipinski definition) is 1. The van der Waals surface area contributed by atoms with E-state index in [0.717, 1.165) is 16.1 Å². The van der Waals surface area contributed by atoms with Gasteiger partial charge in [-0.15, -0.1) is 15.0 Å². The Balaban J connectivity index is 2.21. The summed E-state index contributed by atoms with van der Waals surface area (Å²) >= 11 is 0. The van der Waals surface area contributed by atoms with E-state index in [4.69, 9.17) is 9.84 Å². The zero-order chi connectivity index (χ0) is 14.5. The summed E-state index contributed by atoms with van der Waals surface area (Å²) in [5, 5.41) is 20.9. The van der Waals surface area contributed by atoms with E-state index in [-0.39, 0.29) is 0 Å². The summed E-state index contributed by atoms with van der Waals surface area (Å²) in [5.74, 6) is 0.191. The quantitative estimate of drug-likeness (QED) is 0.864. The van der Waals surface area contributed by atoms with Crippen LogP contribution in [0.1, 0.15) is 26.3 Å². The fourth-order valence-electron chi connectivity index (χ4n) is 1.78. The van der Waals surface area contributed by atoms with Gasteiger partial charge >= 0.3 is 5.97 Å². The van der Waals surface area contributed by atoms with Crippen molar-refractivity contribution in [3.63, 3.8) is 0 Å². The average molecular weight is 276 g/mol. The number of ether oxygens (including phenoxy) is 1. The number of aromatic nitrogens is 4. The van der Waals surface area contributed by atoms with E-state index < -0.39 is 12.0 Å². The average Bonchev–Trinajstić information content (AvgIpc) is 2.90. The fraction of sp³-hybridized carbons (Fsp3) is 0.385. The number of aliphatic carboxylic acids is 1. The number of carboxylic acid groups (broad SMARTS) is 1. The lowest BCUT2D eigenvalue weighted by molar-refractivity contribution is -0.141. The molecule has 0 amide bonds. The fourth-order valence-corrected chi connectivity index (χ4v) is 1.78. The molecular formula is C13H16N4O3. The zero-order valence-electron chi connectivity index (χ0n) is 11.4. The summed E-state index contributed by atoms with van der Waals surface area (Å²) in [4.78, 5) is 12.2. The van der Waals surface area contributed by atoms with Gasteiger partial charge in [-0.2, -0.15) is 0 Å². The maximum Gasteiger partial charge on any atom is 0.330 e. The number of hydrogen-bond acceptors (Lipinski definition) is 5. The molecule has 1 unspecified atom stereocenters. The second kappa shape index (κ2) is 6.14. The van der Waals surface area contributed by atoms with E-state index in [1.165, 1.54) is 0 Å². The second-order valence-corrected chi connectivity index (χ2v) is 4.15. The first-order chi connectivity index (χ1) is 9.65. The highest BCUT2D eigenvalue weighted by atomic mass is 16.5. The minimum atomic E-state index is -0.969. The standard InChI is InChI=1S/C13H16N4O3/c1-3-11(13(18)19)17-15-12(14-16-17)9-5-7-10(8-6-9)20-4-2/h5-8,11H,3-4H2,1-2H3,(H,18,19). The Bertz CT molecular complexity index is 580. The molecule has 0 aliphatic carbocycles. The molecule has 1 aromatic carbocycles. The van der Waals surface area contributed by atoms with Gasteiger partial charge in [0.1, 0.15) is 5.75 Å². The number of benzene rings is 1. The normalized spacial score (nSPS) is 12.1. The van der Waals surface area contributed by atoms with Crippen LogP contribution in [0.25, 0.3) is 11.4 Å². The number of carboxylic acids is 1. The second-order valence-electron chi connectivity index (χ2n) is 4.15. The lowest BCUT2D eigenvalue weighted by Gasteiger charge is -2.06. The van der Waals surface area contributed by atoms with Crippen LogP contribution in [0.5, 0.6) is 5.75 Å². The Morgan fingerprint density at radius 2 is 2.05 bits per heavy atom. The molecule has 1 atom stereocenters. The van der Waals surface area contributed by atoms with Crippen LogP contribution in [0, 0.1) is 0 Å². The molecule has 7 heteroatoms. The number of rotatable bonds is 6. The molecule has 20 heavy (non-hydrogen) atoms. The van der Waals surface area contributed by atoms with Crippen molar-refractivity contribution in [2.75, 3.05) is 6.61 Å². The van der Waals surface area contributed by atoms with Crippen LogP contribution in [0.4, 0.5) is 0 Å². The van der Waals surface area contributed by atoms with Gasteiger partial charge in [0.25, 0.3) is 0 Å². The maximum atomic E-state index is 11.0. The predicted molar refractivity (Wildman–Crippen MR) is 71.4 cm³/mol. The Morgan fingerprint density at radius 3 is 2.60 bits per heavy atom. The van der Waals surface area contributed by atoms with Gasteiger partial charge in [0.05, 0.1) is 6.61 Å². The molecule has 106 valence electrons. The smallest absolute Gasteiger partial charge is 0.330 e. The van der Waals surface area contributed by atoms with Crippen molar-refractivity contribution in [3.05, 3.63) is 24.3 Å². The predicted octanol–water partition coefficient (Wildman–Crippen LogP) is 1.77. The Morgan fingerprint density at radius 1 is 1.35 bits per heavy atom. The van der Waals surface area contributed by atoms with Crippen molar-refractivity contribution >= 4 is 5.97 Å². The molecule has 0 aliphatic rings. The van der Waals surface area contributed by atoms with Gasteiger partial charge in [0.2, 0.25) is 5.82 Å². The molecule has 0 saturated heterocycles. The van der Waals surface area contributed by atoms with Crippen LogP contribution in [-0.2, 0) is 4.79 Å². The van der Waals surface area contributed by atoms with E-state index in [2.05, 4.69) is 15.4 Å². The SMILES string of the molecule is CCOc1ccc(-c2nnn(C(CC)C(=O)O)n2)cc1. The van der Waals surface area contributed by atoms with Gasteiger partial charge in [0.15, 0.2) is 6.04 Å². The molecule has 0 saturated carbocycles. The summed E-state index contributed by atoms with van der Waals surface area (Å²) in [6, 6.07) is 6.46. The largest absolute Gasteiger partial charge is 0.494 e. The summed E-state index contributed by atoms with van der Waals surface area (Å²) in [7, 11) is 0. The van der Waals surface area contributed by atoms with Gasteiger partial charge in [-0.05, 0) is 42.8 Å². The van der Waals surface area contributed by atoms with E-state index in [1.54, 1.807) is 6.92 Å². The number of nitrogens with zero attached hydrogens (tertiary/aromatic N) is 4. The summed E-state index contributed by atoms with van der Waals surface area (Å²) in [6.45, 7) is 4.28. The molecule has 0 fully saturated rings. The highest BCUT2D eigenvalue weighted by Gasteiger charge is 2.20. The van der Waals surface area contributed by atoms with Gasteiger partial charge in [-0.3, -0.25) is 0 Å². The molecule has 1 aromatic heterocycles. The first kappa shape index (κ1) is 14.0. The van der Waals surface area contributed by atoms with Gasteiger partial charge in [-0.1, -0.05) is 6.92 Å². The van der Waals surface area contributed by atoms with E-state index >= 15 is 0 Å². The van der Waals surface area contributed by atoms with E-state index in [1.807, 2.05) is 31.2 Å². The lowest BCUT2D eigenvalue weighted by Crippen LogP contribution is -2.20. The lowest BCUT2D eigenvalue weighted by atomic mass is 10.2. The van der Waals surface area contributed by atoms with Crippen molar-refractivity contribution in [2.45, 2.75) is 26.3 Å². The maximum absolute atomic E-state index is 11.0. The molecule has 7 nitrogen and oxygen atoms in total. The van der Waals surface area contributed by atoms with Crippen molar-refractivity contribution in [2.24, 2.45) is 0 Å². The summed E-state index contributed by atoms with van der Waals surface area (Å²) < 4.78 is 5.35. The van der Waals surface area contributed by atoms with Crippen LogP contribution >= 0.6 is 0 Å². The monoisotopic (exact) mass is 276 g/mol. The molecule has 1 N–H and O–H groups in total. The van der Waals surface area contributed by atoms with E-state index in [9.17, 15) is 4.79 Å². The summed E-state index contributed by atoms with van der Waals surface area (Å²) in [6.07, 6.45) is 0.397. The van der Waals surface area contributed by atoms with Gasteiger partial charge in [0, 0.05) is 5.56 Å². The molecule has 1 heterocycles. The van der Waals surface area contributed by atoms with Crippen molar-refractivity contribution < 1.29 is 14.6 Å². The first-order valence-electron chi connectivity index (χ1n) is 6.41. The Kier molecular flexibility index (Phi) is 4.29. The Labute approximate surface area is 116 Å². The highest BCUT2D eigenvalue weighted by molar-refractivity contribution is 5.71. The van der Waals surface area contributed by atoms with Crippen molar-refractivity contribution in [1.29, 1.82) is 0 Å². The zero-order valence-corrected chi connectivity index (χ0v) is 11.4. The van der Waals surface area contributed by atoms with E-state index in [0.29, 0.717) is 18.9 Å². The van der Waals surface area contributed by atoms with Crippen LogP contribution in [0.3, 0.4) is 0 Å². The third kappa shape index (κ3) is 2.93. The van der Waals surface area contributed by atoms with Crippen LogP contribution < -0.4 is 4.74 Å². The summed E-state index contributed by atoms with van der Waals surface area (Å²) in [5.41, 5.74) is 0.764. The van der Waals surface area contributed by atoms with Crippen LogP contribution in [0.15, 0.2) is 24.3 Å². The first-order valence-corrected chi connectivity index (χ1v) is 6.41. The topological polar surface area (TPSA) is 90.1 Å². The molecular weight excluding hydrogens is 260 g/mol. The highest BCUT2D eigenvalue weighted by Crippen LogP contribution is 2.19. The molecule has 0 spiro atoms. The van der Waals surface area contributed by atoms with Crippen LogP contribution in [0.2, 0.25) is 0 Å². The minimum Gasteiger partial charge on any atom is -0.494 e. The Hall–Kier alpha value is -2.44. The third-order valence-electron chi connectivity index (χ3n) is 2.80. The van der Waals surface area contributed by atoms with Crippen molar-refractivity contribution in [1.82, 2.24) is 20.2 Å².